The van der Waals surface area contributed by atoms with Gasteiger partial charge < -0.3 is 4.90 Å². The predicted molar refractivity (Wildman–Crippen MR) is 243 cm³/mol. The second kappa shape index (κ2) is 14.5. The van der Waals surface area contributed by atoms with Gasteiger partial charge >= 0.3 is 0 Å². The molecule has 6 aromatic carbocycles. The van der Waals surface area contributed by atoms with Gasteiger partial charge in [-0.3, -0.25) is 0 Å². The fraction of sp³-hybridized carbons (Fsp3) is 0.357. The van der Waals surface area contributed by atoms with Crippen molar-refractivity contribution in [1.29, 1.82) is 0 Å². The number of fused-ring (bicyclic) bond motifs is 6. The highest BCUT2D eigenvalue weighted by atomic mass is 15.1. The summed E-state index contributed by atoms with van der Waals surface area (Å²) < 4.78 is 0. The Balaban J connectivity index is 1.04. The van der Waals surface area contributed by atoms with Gasteiger partial charge in [-0.25, -0.2) is 0 Å². The van der Waals surface area contributed by atoms with Gasteiger partial charge in [0.1, 0.15) is 0 Å². The molecule has 0 bridgehead atoms. The molecule has 2 fully saturated rings. The largest absolute Gasteiger partial charge is 0.310 e. The molecule has 0 radical (unpaired) electrons. The third-order valence-electron chi connectivity index (χ3n) is 14.8. The van der Waals surface area contributed by atoms with E-state index in [1.54, 1.807) is 0 Å². The van der Waals surface area contributed by atoms with Gasteiger partial charge in [0.15, 0.2) is 0 Å². The molecule has 0 N–H and O–H groups in total. The summed E-state index contributed by atoms with van der Waals surface area (Å²) in [6.07, 6.45) is 16.3. The Morgan fingerprint density at radius 3 is 1.54 bits per heavy atom. The maximum Gasteiger partial charge on any atom is 0.0465 e. The predicted octanol–water partition coefficient (Wildman–Crippen LogP) is 16.3. The molecule has 0 aromatic heterocycles. The van der Waals surface area contributed by atoms with Gasteiger partial charge in [-0.05, 0) is 147 Å². The van der Waals surface area contributed by atoms with Crippen LogP contribution in [0.3, 0.4) is 0 Å². The summed E-state index contributed by atoms with van der Waals surface area (Å²) in [4.78, 5) is 2.52. The van der Waals surface area contributed by atoms with Gasteiger partial charge in [-0.15, -0.1) is 0 Å². The van der Waals surface area contributed by atoms with Crippen LogP contribution < -0.4 is 4.90 Å². The molecule has 1 nitrogen and oxygen atoms in total. The molecule has 4 aliphatic rings. The molecule has 0 saturated heterocycles. The third kappa shape index (κ3) is 6.28. The molecule has 57 heavy (non-hydrogen) atoms. The molecular formula is C56H59N. The number of hydrogen-bond acceptors (Lipinski definition) is 1. The Kier molecular flexibility index (Phi) is 9.27. The lowest BCUT2D eigenvalue weighted by molar-refractivity contribution is 0.443. The van der Waals surface area contributed by atoms with Crippen LogP contribution in [0.2, 0.25) is 0 Å². The SMILES string of the molecule is CC1(C)c2ccc(-c3cccc4c3C(C)(C)c3ccccc3-4)cc2-c2ccc(N(c3ccc(C4CCCCCCC4)cc3)c3ccc(C4CCCCC4)cc3)cc21. The summed E-state index contributed by atoms with van der Waals surface area (Å²) in [7, 11) is 0. The van der Waals surface area contributed by atoms with Crippen molar-refractivity contribution in [2.24, 2.45) is 0 Å². The zero-order valence-electron chi connectivity index (χ0n) is 34.7. The van der Waals surface area contributed by atoms with Crippen LogP contribution in [0.5, 0.6) is 0 Å². The van der Waals surface area contributed by atoms with E-state index in [9.17, 15) is 0 Å². The van der Waals surface area contributed by atoms with Crippen LogP contribution in [0.4, 0.5) is 17.1 Å². The van der Waals surface area contributed by atoms with Crippen molar-refractivity contribution in [3.63, 3.8) is 0 Å². The van der Waals surface area contributed by atoms with E-state index in [0.717, 1.165) is 0 Å². The highest BCUT2D eigenvalue weighted by molar-refractivity contribution is 5.92. The van der Waals surface area contributed by atoms with Gasteiger partial charge in [0.25, 0.3) is 0 Å². The van der Waals surface area contributed by atoms with Crippen molar-refractivity contribution < 1.29 is 0 Å². The number of anilines is 3. The molecule has 0 amide bonds. The number of nitrogens with zero attached hydrogens (tertiary/aromatic N) is 1. The average Bonchev–Trinajstić information content (AvgIpc) is 3.61. The first-order chi connectivity index (χ1) is 27.8. The molecule has 0 unspecified atom stereocenters. The Hall–Kier alpha value is -4.88. The fourth-order valence-electron chi connectivity index (χ4n) is 11.6. The van der Waals surface area contributed by atoms with E-state index >= 15 is 0 Å². The minimum atomic E-state index is -0.119. The van der Waals surface area contributed by atoms with Crippen molar-refractivity contribution in [2.75, 3.05) is 4.90 Å². The normalized spacial score (nSPS) is 18.5. The smallest absolute Gasteiger partial charge is 0.0465 e. The number of rotatable bonds is 6. The molecule has 0 atom stereocenters. The van der Waals surface area contributed by atoms with E-state index < -0.39 is 0 Å². The molecule has 4 aliphatic carbocycles. The van der Waals surface area contributed by atoms with Crippen LogP contribution in [0.15, 0.2) is 127 Å². The molecule has 6 aromatic rings. The Morgan fingerprint density at radius 2 is 0.895 bits per heavy atom. The van der Waals surface area contributed by atoms with E-state index in [-0.39, 0.29) is 10.8 Å². The van der Waals surface area contributed by atoms with Crippen LogP contribution >= 0.6 is 0 Å². The zero-order chi connectivity index (χ0) is 38.7. The van der Waals surface area contributed by atoms with Crippen molar-refractivity contribution in [1.82, 2.24) is 0 Å². The minimum absolute atomic E-state index is 0.0566. The third-order valence-corrected chi connectivity index (χ3v) is 14.8. The lowest BCUT2D eigenvalue weighted by Gasteiger charge is -2.29. The maximum absolute atomic E-state index is 2.52. The van der Waals surface area contributed by atoms with Crippen LogP contribution in [0, 0.1) is 0 Å². The maximum atomic E-state index is 2.52. The first-order valence-electron chi connectivity index (χ1n) is 22.3. The average molecular weight is 746 g/mol. The number of hydrogen-bond donors (Lipinski definition) is 0. The molecule has 10 rings (SSSR count). The summed E-state index contributed by atoms with van der Waals surface area (Å²) >= 11 is 0. The highest BCUT2D eigenvalue weighted by Gasteiger charge is 2.39. The first-order valence-corrected chi connectivity index (χ1v) is 22.3. The van der Waals surface area contributed by atoms with Crippen molar-refractivity contribution in [3.8, 4) is 33.4 Å². The second-order valence-electron chi connectivity index (χ2n) is 18.9. The Labute approximate surface area is 342 Å². The summed E-state index contributed by atoms with van der Waals surface area (Å²) in [6.45, 7) is 9.65. The van der Waals surface area contributed by atoms with E-state index in [1.165, 1.54) is 161 Å². The quantitative estimate of drug-likeness (QED) is 0.164. The van der Waals surface area contributed by atoms with Crippen LogP contribution in [0.1, 0.15) is 150 Å². The molecule has 0 heterocycles. The minimum Gasteiger partial charge on any atom is -0.310 e. The second-order valence-corrected chi connectivity index (χ2v) is 18.9. The van der Waals surface area contributed by atoms with E-state index in [2.05, 4.69) is 160 Å². The standard InChI is InChI=1S/C56H59N/c1-55(2)52-35-28-42(46-21-15-22-49-47-20-13-14-23-51(47)56(3,4)54(46)49)36-50(52)48-34-33-45(37-53(48)55)57(44-31-26-41(27-32-44)39-18-11-8-12-19-39)43-29-24-40(25-30-43)38-16-9-6-5-7-10-17-38/h13-15,20-39H,5-12,16-19H2,1-4H3. The Bertz CT molecular complexity index is 2410. The molecule has 2 saturated carbocycles. The molecular weight excluding hydrogens is 687 g/mol. The van der Waals surface area contributed by atoms with Gasteiger partial charge in [-0.1, -0.05) is 164 Å². The van der Waals surface area contributed by atoms with Gasteiger partial charge in [0.05, 0.1) is 0 Å². The van der Waals surface area contributed by atoms with Gasteiger partial charge in [0.2, 0.25) is 0 Å². The zero-order valence-corrected chi connectivity index (χ0v) is 34.7. The van der Waals surface area contributed by atoms with E-state index in [0.29, 0.717) is 11.8 Å². The number of benzene rings is 6. The van der Waals surface area contributed by atoms with Crippen molar-refractivity contribution in [3.05, 3.63) is 161 Å². The van der Waals surface area contributed by atoms with Crippen LogP contribution in [-0.2, 0) is 10.8 Å². The van der Waals surface area contributed by atoms with E-state index in [1.807, 2.05) is 0 Å². The van der Waals surface area contributed by atoms with Crippen molar-refractivity contribution >= 4 is 17.1 Å². The lowest BCUT2D eigenvalue weighted by atomic mass is 9.78. The van der Waals surface area contributed by atoms with Crippen molar-refractivity contribution in [2.45, 2.75) is 127 Å². The Morgan fingerprint density at radius 1 is 0.386 bits per heavy atom. The summed E-state index contributed by atoms with van der Waals surface area (Å²) in [5, 5.41) is 0. The van der Waals surface area contributed by atoms with E-state index in [4.69, 9.17) is 0 Å². The summed E-state index contributed by atoms with van der Waals surface area (Å²) in [6, 6.07) is 49.9. The van der Waals surface area contributed by atoms with Gasteiger partial charge in [-0.2, -0.15) is 0 Å². The summed E-state index contributed by atoms with van der Waals surface area (Å²) in [5.74, 6) is 1.39. The molecule has 1 heteroatoms. The van der Waals surface area contributed by atoms with Crippen LogP contribution in [0.25, 0.3) is 33.4 Å². The molecule has 0 aliphatic heterocycles. The fourth-order valence-corrected chi connectivity index (χ4v) is 11.6. The topological polar surface area (TPSA) is 3.24 Å². The first kappa shape index (κ1) is 36.5. The molecule has 288 valence electrons. The van der Waals surface area contributed by atoms with Crippen LogP contribution in [-0.4, -0.2) is 0 Å². The lowest BCUT2D eigenvalue weighted by Crippen LogP contribution is -2.17. The highest BCUT2D eigenvalue weighted by Crippen LogP contribution is 2.55. The molecule has 0 spiro atoms. The summed E-state index contributed by atoms with van der Waals surface area (Å²) in [5.41, 5.74) is 20.4. The van der Waals surface area contributed by atoms with Gasteiger partial charge in [0, 0.05) is 27.9 Å². The monoisotopic (exact) mass is 745 g/mol.